The van der Waals surface area contributed by atoms with Crippen LogP contribution >= 0.6 is 0 Å². The first-order chi connectivity index (χ1) is 17.9. The molecule has 0 aliphatic rings. The summed E-state index contributed by atoms with van der Waals surface area (Å²) in [5, 5.41) is 19.3. The number of benzene rings is 3. The highest BCUT2D eigenvalue weighted by molar-refractivity contribution is 5.96. The van der Waals surface area contributed by atoms with Gasteiger partial charge in [-0.05, 0) is 54.8 Å². The fourth-order valence-corrected chi connectivity index (χ4v) is 4.73. The van der Waals surface area contributed by atoms with Gasteiger partial charge in [0.2, 0.25) is 0 Å². The Morgan fingerprint density at radius 2 is 1.81 bits per heavy atom. The van der Waals surface area contributed by atoms with E-state index in [2.05, 4.69) is 15.4 Å². The predicted octanol–water partition coefficient (Wildman–Crippen LogP) is 4.32. The van der Waals surface area contributed by atoms with Crippen LogP contribution in [0.25, 0.3) is 27.5 Å². The maximum Gasteiger partial charge on any atom is 0.274 e. The van der Waals surface area contributed by atoms with E-state index in [0.29, 0.717) is 34.6 Å². The first-order valence-corrected chi connectivity index (χ1v) is 12.1. The highest BCUT2D eigenvalue weighted by atomic mass is 16.5. The number of amides is 1. The van der Waals surface area contributed by atoms with Gasteiger partial charge < -0.3 is 20.1 Å². The second-order valence-electron chi connectivity index (χ2n) is 9.02. The molecule has 37 heavy (non-hydrogen) atoms. The lowest BCUT2D eigenvalue weighted by atomic mass is 10.0. The van der Waals surface area contributed by atoms with Crippen molar-refractivity contribution in [2.24, 2.45) is 0 Å². The van der Waals surface area contributed by atoms with Crippen LogP contribution in [-0.2, 0) is 0 Å². The second kappa shape index (κ2) is 9.91. The summed E-state index contributed by atoms with van der Waals surface area (Å²) in [5.41, 5.74) is 3.72. The fraction of sp³-hybridized carbons (Fsp3) is 0.207. The molecule has 0 aliphatic carbocycles. The molecule has 0 radical (unpaired) electrons. The molecular weight excluding hydrogens is 468 g/mol. The molecule has 5 rings (SSSR count). The molecular formula is C29H28N4O4. The summed E-state index contributed by atoms with van der Waals surface area (Å²) in [4.78, 5) is 29.5. The summed E-state index contributed by atoms with van der Waals surface area (Å²) in [6.07, 6.45) is 0.330. The summed E-state index contributed by atoms with van der Waals surface area (Å²) in [5.74, 6) is 0.285. The van der Waals surface area contributed by atoms with Crippen molar-refractivity contribution < 1.29 is 14.6 Å². The Bertz CT molecular complexity index is 1670. The van der Waals surface area contributed by atoms with E-state index in [1.165, 1.54) is 0 Å². The highest BCUT2D eigenvalue weighted by Crippen LogP contribution is 2.27. The normalized spacial score (nSPS) is 12.1. The molecule has 3 N–H and O–H groups in total. The number of aromatic amines is 1. The average Bonchev–Trinajstić information content (AvgIpc) is 3.28. The molecule has 0 saturated carbocycles. The zero-order chi connectivity index (χ0) is 26.1. The number of carbonyl (C=O) groups is 1. The summed E-state index contributed by atoms with van der Waals surface area (Å²) in [6, 6.07) is 20.9. The topological polar surface area (TPSA) is 109 Å². The molecule has 0 saturated heterocycles. The number of hydrogen-bond acceptors (Lipinski definition) is 5. The Labute approximate surface area is 213 Å². The molecule has 5 aromatic rings. The van der Waals surface area contributed by atoms with Gasteiger partial charge in [0, 0.05) is 17.7 Å². The lowest BCUT2D eigenvalue weighted by molar-refractivity contribution is 0.0924. The van der Waals surface area contributed by atoms with Gasteiger partial charge in [0.05, 0.1) is 24.5 Å². The number of nitrogens with zero attached hydrogens (tertiary/aromatic N) is 2. The van der Waals surface area contributed by atoms with Crippen molar-refractivity contribution in [3.05, 3.63) is 99.6 Å². The number of H-pyrrole nitrogens is 1. The minimum atomic E-state index is -0.430. The third kappa shape index (κ3) is 4.47. The van der Waals surface area contributed by atoms with Crippen LogP contribution in [0.15, 0.2) is 71.5 Å². The van der Waals surface area contributed by atoms with Crippen molar-refractivity contribution in [1.82, 2.24) is 19.9 Å². The van der Waals surface area contributed by atoms with Gasteiger partial charge >= 0.3 is 0 Å². The van der Waals surface area contributed by atoms with Crippen molar-refractivity contribution in [1.29, 1.82) is 0 Å². The van der Waals surface area contributed by atoms with Crippen molar-refractivity contribution >= 4 is 22.2 Å². The number of carbonyl (C=O) groups excluding carboxylic acids is 1. The van der Waals surface area contributed by atoms with Crippen LogP contribution in [0, 0.1) is 13.8 Å². The number of aliphatic hydroxyl groups excluding tert-OH is 1. The van der Waals surface area contributed by atoms with E-state index in [4.69, 9.17) is 4.74 Å². The number of aryl methyl sites for hydroxylation is 2. The predicted molar refractivity (Wildman–Crippen MR) is 143 cm³/mol. The zero-order valence-corrected chi connectivity index (χ0v) is 20.9. The average molecular weight is 497 g/mol. The van der Waals surface area contributed by atoms with E-state index < -0.39 is 11.9 Å². The van der Waals surface area contributed by atoms with Crippen LogP contribution in [0.2, 0.25) is 0 Å². The summed E-state index contributed by atoms with van der Waals surface area (Å²) in [7, 11) is 1.59. The van der Waals surface area contributed by atoms with Gasteiger partial charge in [-0.3, -0.25) is 9.59 Å². The van der Waals surface area contributed by atoms with Crippen LogP contribution in [0.1, 0.15) is 39.8 Å². The van der Waals surface area contributed by atoms with Gasteiger partial charge in [-0.15, -0.1) is 0 Å². The van der Waals surface area contributed by atoms with Crippen LogP contribution in [0.5, 0.6) is 5.75 Å². The SMILES string of the molecule is COc1ccc(C(CCO)NC(=O)c2nn3c(C)c(-c4ccc5ccccc5c4)[nH]c(=O)c3c2C)cc1. The Morgan fingerprint density at radius 1 is 1.08 bits per heavy atom. The molecule has 188 valence electrons. The minimum Gasteiger partial charge on any atom is -0.497 e. The van der Waals surface area contributed by atoms with E-state index >= 15 is 0 Å². The molecule has 1 amide bonds. The molecule has 0 spiro atoms. The van der Waals surface area contributed by atoms with Gasteiger partial charge in [-0.2, -0.15) is 5.10 Å². The van der Waals surface area contributed by atoms with Gasteiger partial charge in [0.15, 0.2) is 5.69 Å². The van der Waals surface area contributed by atoms with E-state index in [0.717, 1.165) is 21.9 Å². The number of aromatic nitrogens is 3. The first kappa shape index (κ1) is 24.3. The molecule has 1 atom stereocenters. The smallest absolute Gasteiger partial charge is 0.274 e. The van der Waals surface area contributed by atoms with Crippen molar-refractivity contribution in [3.63, 3.8) is 0 Å². The Kier molecular flexibility index (Phi) is 6.50. The number of rotatable bonds is 7. The molecule has 0 aliphatic heterocycles. The first-order valence-electron chi connectivity index (χ1n) is 12.1. The number of hydrogen-bond donors (Lipinski definition) is 3. The summed E-state index contributed by atoms with van der Waals surface area (Å²) >= 11 is 0. The van der Waals surface area contributed by atoms with Crippen LogP contribution < -0.4 is 15.6 Å². The van der Waals surface area contributed by atoms with Crippen LogP contribution in [0.3, 0.4) is 0 Å². The number of aliphatic hydroxyl groups is 1. The maximum atomic E-state index is 13.3. The molecule has 8 nitrogen and oxygen atoms in total. The van der Waals surface area contributed by atoms with Crippen molar-refractivity contribution in [3.8, 4) is 17.0 Å². The minimum absolute atomic E-state index is 0.102. The second-order valence-corrected chi connectivity index (χ2v) is 9.02. The van der Waals surface area contributed by atoms with E-state index in [9.17, 15) is 14.7 Å². The van der Waals surface area contributed by atoms with Crippen LogP contribution in [0.4, 0.5) is 0 Å². The Balaban J connectivity index is 1.53. The van der Waals surface area contributed by atoms with Crippen LogP contribution in [-0.4, -0.2) is 39.3 Å². The lowest BCUT2D eigenvalue weighted by Crippen LogP contribution is -2.30. The molecule has 8 heteroatoms. The Morgan fingerprint density at radius 3 is 2.51 bits per heavy atom. The Hall–Kier alpha value is -4.43. The number of nitrogens with one attached hydrogen (secondary N) is 2. The summed E-state index contributed by atoms with van der Waals surface area (Å²) in [6.45, 7) is 3.48. The number of ether oxygens (including phenoxy) is 1. The van der Waals surface area contributed by atoms with E-state index in [1.807, 2.05) is 61.5 Å². The number of fused-ring (bicyclic) bond motifs is 2. The quantitative estimate of drug-likeness (QED) is 0.311. The molecule has 1 unspecified atom stereocenters. The van der Waals surface area contributed by atoms with E-state index in [1.54, 1.807) is 30.7 Å². The largest absolute Gasteiger partial charge is 0.497 e. The van der Waals surface area contributed by atoms with Gasteiger partial charge in [-0.1, -0.05) is 48.5 Å². The molecule has 0 fully saturated rings. The maximum absolute atomic E-state index is 13.3. The van der Waals surface area contributed by atoms with Crippen molar-refractivity contribution in [2.45, 2.75) is 26.3 Å². The fourth-order valence-electron chi connectivity index (χ4n) is 4.73. The monoisotopic (exact) mass is 496 g/mol. The zero-order valence-electron chi connectivity index (χ0n) is 20.9. The van der Waals surface area contributed by atoms with Gasteiger partial charge in [0.1, 0.15) is 11.3 Å². The van der Waals surface area contributed by atoms with E-state index in [-0.39, 0.29) is 17.9 Å². The van der Waals surface area contributed by atoms with Crippen molar-refractivity contribution in [2.75, 3.05) is 13.7 Å². The highest BCUT2D eigenvalue weighted by Gasteiger charge is 2.24. The number of methoxy groups -OCH3 is 1. The lowest BCUT2D eigenvalue weighted by Gasteiger charge is -2.18. The molecule has 2 heterocycles. The standard InChI is InChI=1S/C29H28N4O4/c1-17-25(28(35)30-24(14-15-34)20-10-12-23(37-3)13-11-20)32-33-18(2)26(31-29(36)27(17)33)22-9-8-19-6-4-5-7-21(19)16-22/h4-13,16,24,34H,14-15H2,1-3H3,(H,30,35)(H,31,36). The third-order valence-electron chi connectivity index (χ3n) is 6.75. The third-order valence-corrected chi connectivity index (χ3v) is 6.75. The van der Waals surface area contributed by atoms with Gasteiger partial charge in [0.25, 0.3) is 11.5 Å². The molecule has 0 bridgehead atoms. The van der Waals surface area contributed by atoms with Gasteiger partial charge in [-0.25, -0.2) is 4.52 Å². The summed E-state index contributed by atoms with van der Waals surface area (Å²) < 4.78 is 6.76. The molecule has 2 aromatic heterocycles. The molecule has 3 aromatic carbocycles.